The van der Waals surface area contributed by atoms with Gasteiger partial charge in [0.1, 0.15) is 0 Å². The molecular weight excluding hydrogens is 356 g/mol. The standard InChI is InChI=1S/C18H22N2O5S/c1-20(14-8-9-26(23,24)12-14)17(21)11-25-18(22)7-6-13-10-19-16-5-3-2-4-15(13)16/h2-5,10,14,19H,6-9,11-12H2,1H3. The molecule has 1 unspecified atom stereocenters. The van der Waals surface area contributed by atoms with Crippen molar-refractivity contribution in [1.29, 1.82) is 0 Å². The van der Waals surface area contributed by atoms with Gasteiger partial charge in [0.05, 0.1) is 11.5 Å². The molecule has 2 heterocycles. The van der Waals surface area contributed by atoms with Crippen molar-refractivity contribution in [2.75, 3.05) is 25.2 Å². The van der Waals surface area contributed by atoms with Crippen LogP contribution in [0.4, 0.5) is 0 Å². The van der Waals surface area contributed by atoms with Crippen molar-refractivity contribution in [2.24, 2.45) is 0 Å². The first-order valence-electron chi connectivity index (χ1n) is 8.52. The van der Waals surface area contributed by atoms with E-state index in [0.29, 0.717) is 12.8 Å². The molecule has 0 bridgehead atoms. The number of nitrogens with one attached hydrogen (secondary N) is 1. The molecule has 0 radical (unpaired) electrons. The number of amides is 1. The summed E-state index contributed by atoms with van der Waals surface area (Å²) in [5.74, 6) is -0.757. The first kappa shape index (κ1) is 18.4. The molecule has 140 valence electrons. The molecule has 0 aliphatic carbocycles. The number of hydrogen-bond acceptors (Lipinski definition) is 5. The van der Waals surface area contributed by atoms with Gasteiger partial charge in [-0.15, -0.1) is 0 Å². The molecule has 1 amide bonds. The summed E-state index contributed by atoms with van der Waals surface area (Å²) in [5.41, 5.74) is 2.04. The minimum absolute atomic E-state index is 0.0241. The Morgan fingerprint density at radius 2 is 2.08 bits per heavy atom. The van der Waals surface area contributed by atoms with Gasteiger partial charge in [-0.1, -0.05) is 18.2 Å². The minimum atomic E-state index is -3.06. The SMILES string of the molecule is CN(C(=O)COC(=O)CCc1c[nH]c2ccccc12)C1CCS(=O)(=O)C1. The van der Waals surface area contributed by atoms with Crippen LogP contribution < -0.4 is 0 Å². The summed E-state index contributed by atoms with van der Waals surface area (Å²) in [6.45, 7) is -0.361. The zero-order valence-corrected chi connectivity index (χ0v) is 15.4. The van der Waals surface area contributed by atoms with E-state index in [1.807, 2.05) is 30.5 Å². The maximum Gasteiger partial charge on any atom is 0.306 e. The van der Waals surface area contributed by atoms with E-state index in [-0.39, 0.29) is 36.5 Å². The number of esters is 1. The number of ether oxygens (including phenoxy) is 1. The summed E-state index contributed by atoms with van der Waals surface area (Å²) in [5, 5.41) is 1.07. The number of H-pyrrole nitrogens is 1. The Morgan fingerprint density at radius 3 is 2.81 bits per heavy atom. The molecule has 1 N–H and O–H groups in total. The summed E-state index contributed by atoms with van der Waals surface area (Å²) in [6, 6.07) is 7.50. The normalized spacial score (nSPS) is 18.7. The number of carbonyl (C=O) groups excluding carboxylic acids is 2. The van der Waals surface area contributed by atoms with Gasteiger partial charge >= 0.3 is 5.97 Å². The highest BCUT2D eigenvalue weighted by Gasteiger charge is 2.32. The van der Waals surface area contributed by atoms with Crippen LogP contribution in [0.25, 0.3) is 10.9 Å². The molecule has 2 aromatic rings. The Bertz CT molecular complexity index is 919. The third kappa shape index (κ3) is 4.24. The highest BCUT2D eigenvalue weighted by atomic mass is 32.2. The average molecular weight is 378 g/mol. The third-order valence-electron chi connectivity index (χ3n) is 4.78. The van der Waals surface area contributed by atoms with E-state index in [1.54, 1.807) is 7.05 Å². The van der Waals surface area contributed by atoms with E-state index in [0.717, 1.165) is 16.5 Å². The molecule has 1 aliphatic rings. The van der Waals surface area contributed by atoms with Crippen molar-refractivity contribution >= 4 is 32.6 Å². The number of carbonyl (C=O) groups is 2. The van der Waals surface area contributed by atoms with Gasteiger partial charge in [-0.3, -0.25) is 9.59 Å². The van der Waals surface area contributed by atoms with Crippen LogP contribution in [0.3, 0.4) is 0 Å². The maximum atomic E-state index is 12.1. The van der Waals surface area contributed by atoms with Crippen molar-refractivity contribution in [2.45, 2.75) is 25.3 Å². The lowest BCUT2D eigenvalue weighted by molar-refractivity contribution is -0.152. The summed E-state index contributed by atoms with van der Waals surface area (Å²) in [7, 11) is -1.51. The first-order valence-corrected chi connectivity index (χ1v) is 10.3. The van der Waals surface area contributed by atoms with Gasteiger partial charge in [-0.25, -0.2) is 8.42 Å². The maximum absolute atomic E-state index is 12.1. The Kier molecular flexibility index (Phi) is 5.31. The number of aromatic nitrogens is 1. The second-order valence-electron chi connectivity index (χ2n) is 6.58. The Labute approximate surface area is 152 Å². The fraction of sp³-hybridized carbons (Fsp3) is 0.444. The van der Waals surface area contributed by atoms with Crippen LogP contribution in [0, 0.1) is 0 Å². The molecule has 1 aromatic heterocycles. The number of aryl methyl sites for hydroxylation is 1. The molecule has 1 saturated heterocycles. The number of benzene rings is 1. The Hall–Kier alpha value is -2.35. The summed E-state index contributed by atoms with van der Waals surface area (Å²) in [6.07, 6.45) is 3.00. The number of nitrogens with zero attached hydrogens (tertiary/aromatic N) is 1. The van der Waals surface area contributed by atoms with Crippen molar-refractivity contribution in [3.63, 3.8) is 0 Å². The predicted octanol–water partition coefficient (Wildman–Crippen LogP) is 1.29. The zero-order valence-electron chi connectivity index (χ0n) is 14.6. The van der Waals surface area contributed by atoms with E-state index in [4.69, 9.17) is 4.74 Å². The Morgan fingerprint density at radius 1 is 1.31 bits per heavy atom. The van der Waals surface area contributed by atoms with E-state index >= 15 is 0 Å². The van der Waals surface area contributed by atoms with Gasteiger partial charge in [0.25, 0.3) is 5.91 Å². The fourth-order valence-electron chi connectivity index (χ4n) is 3.18. The van der Waals surface area contributed by atoms with Crippen LogP contribution in [-0.4, -0.2) is 61.4 Å². The highest BCUT2D eigenvalue weighted by molar-refractivity contribution is 7.91. The monoisotopic (exact) mass is 378 g/mol. The molecule has 7 nitrogen and oxygen atoms in total. The van der Waals surface area contributed by atoms with Crippen LogP contribution >= 0.6 is 0 Å². The van der Waals surface area contributed by atoms with E-state index in [1.165, 1.54) is 4.90 Å². The quantitative estimate of drug-likeness (QED) is 0.764. The molecule has 1 fully saturated rings. The number of fused-ring (bicyclic) bond motifs is 1. The van der Waals surface area contributed by atoms with Crippen LogP contribution in [0.15, 0.2) is 30.5 Å². The average Bonchev–Trinajstić information content (AvgIpc) is 3.20. The first-order chi connectivity index (χ1) is 12.4. The molecule has 8 heteroatoms. The van der Waals surface area contributed by atoms with Crippen LogP contribution in [0.1, 0.15) is 18.4 Å². The lowest BCUT2D eigenvalue weighted by Crippen LogP contribution is -2.40. The second kappa shape index (κ2) is 7.49. The number of aromatic amines is 1. The van der Waals surface area contributed by atoms with E-state index < -0.39 is 15.8 Å². The van der Waals surface area contributed by atoms with Crippen molar-refractivity contribution in [3.8, 4) is 0 Å². The van der Waals surface area contributed by atoms with Gasteiger partial charge < -0.3 is 14.6 Å². The molecule has 1 atom stereocenters. The molecule has 1 aliphatic heterocycles. The Balaban J connectivity index is 1.46. The van der Waals surface area contributed by atoms with E-state index in [2.05, 4.69) is 4.98 Å². The van der Waals surface area contributed by atoms with Crippen molar-refractivity contribution < 1.29 is 22.7 Å². The molecule has 1 aromatic carbocycles. The largest absolute Gasteiger partial charge is 0.456 e. The van der Waals surface area contributed by atoms with Crippen LogP contribution in [-0.2, 0) is 30.6 Å². The molecule has 26 heavy (non-hydrogen) atoms. The van der Waals surface area contributed by atoms with Crippen LogP contribution in [0.5, 0.6) is 0 Å². The van der Waals surface area contributed by atoms with Gasteiger partial charge in [-0.2, -0.15) is 0 Å². The third-order valence-corrected chi connectivity index (χ3v) is 6.53. The lowest BCUT2D eigenvalue weighted by atomic mass is 10.1. The van der Waals surface area contributed by atoms with Crippen LogP contribution in [0.2, 0.25) is 0 Å². The van der Waals surface area contributed by atoms with Gasteiger partial charge in [-0.05, 0) is 24.5 Å². The number of hydrogen-bond donors (Lipinski definition) is 1. The molecule has 0 spiro atoms. The zero-order chi connectivity index (χ0) is 18.7. The smallest absolute Gasteiger partial charge is 0.306 e. The summed E-state index contributed by atoms with van der Waals surface area (Å²) in [4.78, 5) is 28.6. The summed E-state index contributed by atoms with van der Waals surface area (Å²) < 4.78 is 28.1. The number of para-hydroxylation sites is 1. The lowest BCUT2D eigenvalue weighted by Gasteiger charge is -2.23. The molecular formula is C18H22N2O5S. The van der Waals surface area contributed by atoms with Crippen molar-refractivity contribution in [1.82, 2.24) is 9.88 Å². The predicted molar refractivity (Wildman–Crippen MR) is 97.4 cm³/mol. The number of rotatable bonds is 6. The number of likely N-dealkylation sites (N-methyl/N-ethyl adjacent to an activating group) is 1. The highest BCUT2D eigenvalue weighted by Crippen LogP contribution is 2.19. The van der Waals surface area contributed by atoms with E-state index in [9.17, 15) is 18.0 Å². The fourth-order valence-corrected chi connectivity index (χ4v) is 4.95. The van der Waals surface area contributed by atoms with Gasteiger partial charge in [0, 0.05) is 36.6 Å². The van der Waals surface area contributed by atoms with Crippen molar-refractivity contribution in [3.05, 3.63) is 36.0 Å². The molecule has 0 saturated carbocycles. The summed E-state index contributed by atoms with van der Waals surface area (Å²) >= 11 is 0. The minimum Gasteiger partial charge on any atom is -0.456 e. The second-order valence-corrected chi connectivity index (χ2v) is 8.81. The van der Waals surface area contributed by atoms with Gasteiger partial charge in [0.2, 0.25) is 0 Å². The topological polar surface area (TPSA) is 96.5 Å². The molecule has 3 rings (SSSR count). The van der Waals surface area contributed by atoms with Gasteiger partial charge in [0.15, 0.2) is 16.4 Å². The number of sulfone groups is 1.